The van der Waals surface area contributed by atoms with Crippen molar-refractivity contribution in [1.29, 1.82) is 0 Å². The molecule has 10 rings (SSSR count). The van der Waals surface area contributed by atoms with Gasteiger partial charge in [0.05, 0.1) is 0 Å². The van der Waals surface area contributed by atoms with Gasteiger partial charge in [-0.25, -0.2) is 0 Å². The number of hydrogen-bond acceptors (Lipinski definition) is 1. The highest BCUT2D eigenvalue weighted by molar-refractivity contribution is 6.09. The molecule has 0 aliphatic heterocycles. The summed E-state index contributed by atoms with van der Waals surface area (Å²) in [6.07, 6.45) is 0. The van der Waals surface area contributed by atoms with E-state index >= 15 is 0 Å². The summed E-state index contributed by atoms with van der Waals surface area (Å²) in [5.74, 6) is 0. The molecule has 0 spiro atoms. The van der Waals surface area contributed by atoms with E-state index in [1.807, 2.05) is 0 Å². The van der Waals surface area contributed by atoms with E-state index < -0.39 is 0 Å². The third kappa shape index (κ3) is 5.69. The van der Waals surface area contributed by atoms with Crippen LogP contribution >= 0.6 is 0 Å². The summed E-state index contributed by atoms with van der Waals surface area (Å²) in [5, 5.41) is 10.2. The van der Waals surface area contributed by atoms with Gasteiger partial charge < -0.3 is 4.90 Å². The number of fused-ring (bicyclic) bond motifs is 6. The zero-order valence-electron chi connectivity index (χ0n) is 29.2. The molecule has 248 valence electrons. The molecule has 0 aliphatic rings. The summed E-state index contributed by atoms with van der Waals surface area (Å²) < 4.78 is 0. The van der Waals surface area contributed by atoms with E-state index in [9.17, 15) is 0 Å². The van der Waals surface area contributed by atoms with Gasteiger partial charge in [0.2, 0.25) is 0 Å². The third-order valence-electron chi connectivity index (χ3n) is 10.6. The molecule has 0 aliphatic carbocycles. The Morgan fingerprint density at radius 3 is 1.11 bits per heavy atom. The fourth-order valence-corrected chi connectivity index (χ4v) is 7.87. The summed E-state index contributed by atoms with van der Waals surface area (Å²) in [6, 6.07) is 77.3. The van der Waals surface area contributed by atoms with Crippen LogP contribution < -0.4 is 4.90 Å². The number of anilines is 3. The normalized spacial score (nSPS) is 11.4. The van der Waals surface area contributed by atoms with Gasteiger partial charge in [-0.15, -0.1) is 0 Å². The summed E-state index contributed by atoms with van der Waals surface area (Å²) in [4.78, 5) is 2.36. The maximum absolute atomic E-state index is 2.36. The van der Waals surface area contributed by atoms with Gasteiger partial charge >= 0.3 is 0 Å². The summed E-state index contributed by atoms with van der Waals surface area (Å²) in [5.41, 5.74) is 10.5. The van der Waals surface area contributed by atoms with Crippen LogP contribution in [0.5, 0.6) is 0 Å². The van der Waals surface area contributed by atoms with Gasteiger partial charge in [0.15, 0.2) is 0 Å². The summed E-state index contributed by atoms with van der Waals surface area (Å²) in [7, 11) is 0. The van der Waals surface area contributed by atoms with Crippen molar-refractivity contribution in [2.45, 2.75) is 0 Å². The van der Waals surface area contributed by atoms with Crippen molar-refractivity contribution in [3.8, 4) is 33.4 Å². The van der Waals surface area contributed by atoms with Crippen molar-refractivity contribution in [2.24, 2.45) is 0 Å². The second-order valence-corrected chi connectivity index (χ2v) is 13.8. The summed E-state index contributed by atoms with van der Waals surface area (Å²) >= 11 is 0. The molecule has 0 aromatic heterocycles. The Bertz CT molecular complexity index is 2760. The van der Waals surface area contributed by atoms with Gasteiger partial charge in [0.25, 0.3) is 0 Å². The lowest BCUT2D eigenvalue weighted by Crippen LogP contribution is -2.10. The topological polar surface area (TPSA) is 3.24 Å². The average Bonchev–Trinajstić information content (AvgIpc) is 3.24. The van der Waals surface area contributed by atoms with Crippen LogP contribution in [0.2, 0.25) is 0 Å². The molecule has 0 saturated heterocycles. The monoisotopic (exact) mass is 673 g/mol. The van der Waals surface area contributed by atoms with Crippen molar-refractivity contribution in [2.75, 3.05) is 4.90 Å². The standard InChI is InChI=1S/C52H35N/c1-2-9-36(10-3-1)43-13-8-14-48(33-43)53(46-29-25-37(26-30-46)44-23-21-41-19-17-39-11-4-6-15-49(39)51(41)34-44)47-31-27-38(28-32-47)45-24-22-42-20-18-40-12-5-7-16-50(40)52(42)35-45/h1-35H. The van der Waals surface area contributed by atoms with Crippen LogP contribution in [0.4, 0.5) is 17.1 Å². The molecule has 0 atom stereocenters. The first-order valence-corrected chi connectivity index (χ1v) is 18.2. The molecule has 10 aromatic rings. The van der Waals surface area contributed by atoms with E-state index in [1.165, 1.54) is 76.5 Å². The molecule has 10 aromatic carbocycles. The molecular weight excluding hydrogens is 639 g/mol. The minimum atomic E-state index is 1.11. The van der Waals surface area contributed by atoms with Gasteiger partial charge in [0.1, 0.15) is 0 Å². The van der Waals surface area contributed by atoms with Crippen molar-refractivity contribution >= 4 is 60.2 Å². The van der Waals surface area contributed by atoms with E-state index in [4.69, 9.17) is 0 Å². The molecule has 0 unspecified atom stereocenters. The molecule has 0 radical (unpaired) electrons. The number of nitrogens with zero attached hydrogens (tertiary/aromatic N) is 1. The third-order valence-corrected chi connectivity index (χ3v) is 10.6. The minimum absolute atomic E-state index is 1.11. The predicted octanol–water partition coefficient (Wildman–Crippen LogP) is 14.8. The van der Waals surface area contributed by atoms with Crippen LogP contribution in [0.25, 0.3) is 76.5 Å². The van der Waals surface area contributed by atoms with E-state index in [0.717, 1.165) is 17.1 Å². The molecule has 0 amide bonds. The second-order valence-electron chi connectivity index (χ2n) is 13.8. The van der Waals surface area contributed by atoms with Crippen LogP contribution in [0.3, 0.4) is 0 Å². The van der Waals surface area contributed by atoms with Crippen LogP contribution in [0.1, 0.15) is 0 Å². The van der Waals surface area contributed by atoms with Crippen molar-refractivity contribution in [3.05, 3.63) is 212 Å². The van der Waals surface area contributed by atoms with Gasteiger partial charge in [-0.05, 0) is 125 Å². The fourth-order valence-electron chi connectivity index (χ4n) is 7.87. The first kappa shape index (κ1) is 30.8. The SMILES string of the molecule is c1ccc(-c2cccc(N(c3ccc(-c4ccc5ccc6ccccc6c5c4)cc3)c3ccc(-c4ccc5ccc6ccccc6c5c4)cc3)c2)cc1. The average molecular weight is 674 g/mol. The zero-order chi connectivity index (χ0) is 35.1. The highest BCUT2D eigenvalue weighted by atomic mass is 15.1. The van der Waals surface area contributed by atoms with E-state index in [1.54, 1.807) is 0 Å². The Morgan fingerprint density at radius 1 is 0.208 bits per heavy atom. The summed E-state index contributed by atoms with van der Waals surface area (Å²) in [6.45, 7) is 0. The molecule has 0 N–H and O–H groups in total. The van der Waals surface area contributed by atoms with Crippen molar-refractivity contribution < 1.29 is 0 Å². The quantitative estimate of drug-likeness (QED) is 0.159. The molecular formula is C52H35N. The lowest BCUT2D eigenvalue weighted by molar-refractivity contribution is 1.28. The van der Waals surface area contributed by atoms with Gasteiger partial charge in [0, 0.05) is 17.1 Å². The van der Waals surface area contributed by atoms with Gasteiger partial charge in [-0.1, -0.05) is 164 Å². The van der Waals surface area contributed by atoms with Crippen LogP contribution in [-0.2, 0) is 0 Å². The fraction of sp³-hybridized carbons (Fsp3) is 0. The molecule has 0 heterocycles. The van der Waals surface area contributed by atoms with Crippen LogP contribution in [-0.4, -0.2) is 0 Å². The molecule has 0 bridgehead atoms. The highest BCUT2D eigenvalue weighted by Gasteiger charge is 2.15. The molecule has 1 heteroatoms. The Balaban J connectivity index is 1.05. The van der Waals surface area contributed by atoms with E-state index in [0.29, 0.717) is 0 Å². The molecule has 1 nitrogen and oxygen atoms in total. The molecule has 0 saturated carbocycles. The van der Waals surface area contributed by atoms with Crippen molar-refractivity contribution in [1.82, 2.24) is 0 Å². The molecule has 53 heavy (non-hydrogen) atoms. The van der Waals surface area contributed by atoms with Crippen molar-refractivity contribution in [3.63, 3.8) is 0 Å². The number of hydrogen-bond donors (Lipinski definition) is 0. The highest BCUT2D eigenvalue weighted by Crippen LogP contribution is 2.39. The Kier molecular flexibility index (Phi) is 7.55. The van der Waals surface area contributed by atoms with Gasteiger partial charge in [-0.2, -0.15) is 0 Å². The zero-order valence-corrected chi connectivity index (χ0v) is 29.2. The van der Waals surface area contributed by atoms with E-state index in [2.05, 4.69) is 217 Å². The number of benzene rings is 10. The first-order chi connectivity index (χ1) is 26.2. The first-order valence-electron chi connectivity index (χ1n) is 18.2. The van der Waals surface area contributed by atoms with E-state index in [-0.39, 0.29) is 0 Å². The minimum Gasteiger partial charge on any atom is -0.310 e. The Labute approximate surface area is 309 Å². The second kappa shape index (κ2) is 13.0. The van der Waals surface area contributed by atoms with Crippen LogP contribution in [0, 0.1) is 0 Å². The Hall–Kier alpha value is -6.96. The predicted molar refractivity (Wildman–Crippen MR) is 227 cm³/mol. The lowest BCUT2D eigenvalue weighted by Gasteiger charge is -2.26. The van der Waals surface area contributed by atoms with Crippen LogP contribution in [0.15, 0.2) is 212 Å². The lowest BCUT2D eigenvalue weighted by atomic mass is 9.96. The maximum atomic E-state index is 2.36. The largest absolute Gasteiger partial charge is 0.310 e. The smallest absolute Gasteiger partial charge is 0.0467 e. The van der Waals surface area contributed by atoms with Gasteiger partial charge in [-0.3, -0.25) is 0 Å². The molecule has 0 fully saturated rings. The maximum Gasteiger partial charge on any atom is 0.0467 e. The number of rotatable bonds is 6. The Morgan fingerprint density at radius 2 is 0.585 bits per heavy atom.